The Labute approximate surface area is 185 Å². The molecule has 4 rings (SSSR count). The summed E-state index contributed by atoms with van der Waals surface area (Å²) in [5, 5.41) is 0. The van der Waals surface area contributed by atoms with Crippen LogP contribution >= 0.6 is 0 Å². The van der Waals surface area contributed by atoms with Gasteiger partial charge in [-0.2, -0.15) is 13.2 Å². The highest BCUT2D eigenvalue weighted by Gasteiger charge is 2.31. The summed E-state index contributed by atoms with van der Waals surface area (Å²) < 4.78 is 50.2. The number of ether oxygens (including phenoxy) is 2. The van der Waals surface area contributed by atoms with Gasteiger partial charge in [-0.15, -0.1) is 0 Å². The number of hydrogen-bond donors (Lipinski definition) is 0. The molecular weight excluding hydrogens is 417 g/mol. The molecule has 0 N–H and O–H groups in total. The average molecular weight is 442 g/mol. The van der Waals surface area contributed by atoms with Gasteiger partial charge in [0.15, 0.2) is 0 Å². The number of alkyl halides is 3. The minimum absolute atomic E-state index is 0.0192. The molecule has 168 valence electrons. The zero-order chi connectivity index (χ0) is 22.7. The van der Waals surface area contributed by atoms with Gasteiger partial charge in [0.1, 0.15) is 11.9 Å². The van der Waals surface area contributed by atoms with Crippen LogP contribution in [0.2, 0.25) is 0 Å². The molecule has 0 amide bonds. The number of halogens is 3. The van der Waals surface area contributed by atoms with Crippen molar-refractivity contribution in [2.45, 2.75) is 38.7 Å². The van der Waals surface area contributed by atoms with Gasteiger partial charge >= 0.3 is 6.18 Å². The van der Waals surface area contributed by atoms with Crippen molar-refractivity contribution in [3.63, 3.8) is 0 Å². The molecular formula is C25H25F3N2O2. The van der Waals surface area contributed by atoms with Crippen molar-refractivity contribution in [3.05, 3.63) is 72.4 Å². The van der Waals surface area contributed by atoms with E-state index in [0.717, 1.165) is 47.8 Å². The van der Waals surface area contributed by atoms with Gasteiger partial charge in [-0.05, 0) is 43.2 Å². The third-order valence-corrected chi connectivity index (χ3v) is 5.27. The molecule has 1 aliphatic heterocycles. The lowest BCUT2D eigenvalue weighted by molar-refractivity contribution is -0.137. The van der Waals surface area contributed by atoms with Gasteiger partial charge in [0, 0.05) is 25.2 Å². The Morgan fingerprint density at radius 1 is 1.00 bits per heavy atom. The van der Waals surface area contributed by atoms with Gasteiger partial charge in [-0.3, -0.25) is 0 Å². The molecule has 0 spiro atoms. The molecule has 0 aliphatic carbocycles. The van der Waals surface area contributed by atoms with E-state index >= 15 is 0 Å². The second-order valence-corrected chi connectivity index (χ2v) is 8.07. The van der Waals surface area contributed by atoms with Crippen molar-refractivity contribution < 1.29 is 22.6 Å². The summed E-state index contributed by atoms with van der Waals surface area (Å²) in [6.45, 7) is 5.34. The van der Waals surface area contributed by atoms with Crippen LogP contribution in [0.1, 0.15) is 25.8 Å². The largest absolute Gasteiger partial charge is 0.489 e. The fourth-order valence-electron chi connectivity index (χ4n) is 3.77. The Kier molecular flexibility index (Phi) is 6.26. The third-order valence-electron chi connectivity index (χ3n) is 5.27. The van der Waals surface area contributed by atoms with Crippen molar-refractivity contribution >= 4 is 5.69 Å². The fraction of sp³-hybridized carbons (Fsp3) is 0.320. The van der Waals surface area contributed by atoms with E-state index in [9.17, 15) is 13.2 Å². The normalized spacial score (nSPS) is 16.4. The second kappa shape index (κ2) is 9.10. The lowest BCUT2D eigenvalue weighted by Gasteiger charge is -2.24. The first-order valence-corrected chi connectivity index (χ1v) is 10.6. The molecule has 4 nitrogen and oxygen atoms in total. The predicted molar refractivity (Wildman–Crippen MR) is 118 cm³/mol. The van der Waals surface area contributed by atoms with Crippen LogP contribution in [0.3, 0.4) is 0 Å². The summed E-state index contributed by atoms with van der Waals surface area (Å²) in [7, 11) is 0. The van der Waals surface area contributed by atoms with E-state index in [1.54, 1.807) is 0 Å². The first-order valence-electron chi connectivity index (χ1n) is 10.6. The number of pyridine rings is 1. The molecule has 3 aromatic rings. The molecule has 1 aromatic heterocycles. The van der Waals surface area contributed by atoms with Crippen LogP contribution in [0.25, 0.3) is 11.1 Å². The Morgan fingerprint density at radius 3 is 2.44 bits per heavy atom. The third kappa shape index (κ3) is 5.15. The second-order valence-electron chi connectivity index (χ2n) is 8.07. The molecule has 0 radical (unpaired) electrons. The van der Waals surface area contributed by atoms with Crippen molar-refractivity contribution in [3.8, 4) is 22.8 Å². The molecule has 2 heterocycles. The van der Waals surface area contributed by atoms with Crippen LogP contribution < -0.4 is 14.4 Å². The zero-order valence-electron chi connectivity index (χ0n) is 18.0. The van der Waals surface area contributed by atoms with Crippen LogP contribution in [0, 0.1) is 0 Å². The van der Waals surface area contributed by atoms with Gasteiger partial charge < -0.3 is 14.4 Å². The predicted octanol–water partition coefficient (Wildman–Crippen LogP) is 6.21. The van der Waals surface area contributed by atoms with Crippen molar-refractivity contribution in [1.29, 1.82) is 0 Å². The topological polar surface area (TPSA) is 34.6 Å². The molecule has 7 heteroatoms. The van der Waals surface area contributed by atoms with E-state index in [1.807, 2.05) is 32.0 Å². The number of anilines is 1. The van der Waals surface area contributed by atoms with Crippen molar-refractivity contribution in [2.24, 2.45) is 0 Å². The van der Waals surface area contributed by atoms with E-state index < -0.39 is 11.7 Å². The van der Waals surface area contributed by atoms with Crippen LogP contribution in [0.15, 0.2) is 66.9 Å². The molecule has 1 fully saturated rings. The Hall–Kier alpha value is -3.22. The fourth-order valence-corrected chi connectivity index (χ4v) is 3.77. The van der Waals surface area contributed by atoms with Crippen LogP contribution in [-0.4, -0.2) is 30.3 Å². The summed E-state index contributed by atoms with van der Waals surface area (Å²) in [5.74, 6) is 0.998. The quantitative estimate of drug-likeness (QED) is 0.454. The molecule has 1 saturated heterocycles. The molecule has 32 heavy (non-hydrogen) atoms. The number of aromatic nitrogens is 1. The highest BCUT2D eigenvalue weighted by Crippen LogP contribution is 2.36. The SMILES string of the molecule is CC(C)Oc1cc(-c2ccccc2)ccc1N1CCC(Oc2ccc(C(F)(F)F)cn2)C1. The lowest BCUT2D eigenvalue weighted by atomic mass is 10.0. The summed E-state index contributed by atoms with van der Waals surface area (Å²) in [5.41, 5.74) is 2.38. The van der Waals surface area contributed by atoms with Gasteiger partial charge in [-0.1, -0.05) is 36.4 Å². The summed E-state index contributed by atoms with van der Waals surface area (Å²) in [6.07, 6.45) is -3.01. The summed E-state index contributed by atoms with van der Waals surface area (Å²) in [6, 6.07) is 18.6. The number of hydrogen-bond acceptors (Lipinski definition) is 4. The van der Waals surface area contributed by atoms with E-state index in [2.05, 4.69) is 40.2 Å². The molecule has 1 unspecified atom stereocenters. The van der Waals surface area contributed by atoms with E-state index in [1.165, 1.54) is 6.07 Å². The maximum atomic E-state index is 12.7. The van der Waals surface area contributed by atoms with E-state index in [-0.39, 0.29) is 18.1 Å². The number of benzene rings is 2. The maximum absolute atomic E-state index is 12.7. The first-order chi connectivity index (χ1) is 15.3. The van der Waals surface area contributed by atoms with Gasteiger partial charge in [0.2, 0.25) is 5.88 Å². The maximum Gasteiger partial charge on any atom is 0.417 e. The minimum Gasteiger partial charge on any atom is -0.489 e. The molecule has 1 atom stereocenters. The van der Waals surface area contributed by atoms with Gasteiger partial charge in [-0.25, -0.2) is 4.98 Å². The Bertz CT molecular complexity index is 1040. The monoisotopic (exact) mass is 442 g/mol. The molecule has 0 saturated carbocycles. The molecule has 0 bridgehead atoms. The first kappa shape index (κ1) is 22.0. The van der Waals surface area contributed by atoms with Gasteiger partial charge in [0.25, 0.3) is 0 Å². The van der Waals surface area contributed by atoms with Crippen molar-refractivity contribution in [1.82, 2.24) is 4.98 Å². The van der Waals surface area contributed by atoms with E-state index in [0.29, 0.717) is 6.54 Å². The Balaban J connectivity index is 1.49. The highest BCUT2D eigenvalue weighted by atomic mass is 19.4. The zero-order valence-corrected chi connectivity index (χ0v) is 18.0. The lowest BCUT2D eigenvalue weighted by Crippen LogP contribution is -2.25. The summed E-state index contributed by atoms with van der Waals surface area (Å²) in [4.78, 5) is 6.00. The molecule has 1 aliphatic rings. The van der Waals surface area contributed by atoms with Crippen LogP contribution in [0.5, 0.6) is 11.6 Å². The van der Waals surface area contributed by atoms with Crippen LogP contribution in [0.4, 0.5) is 18.9 Å². The smallest absolute Gasteiger partial charge is 0.417 e. The van der Waals surface area contributed by atoms with Crippen LogP contribution in [-0.2, 0) is 6.18 Å². The highest BCUT2D eigenvalue weighted by molar-refractivity contribution is 5.71. The van der Waals surface area contributed by atoms with Crippen molar-refractivity contribution in [2.75, 3.05) is 18.0 Å². The Morgan fingerprint density at radius 2 is 1.78 bits per heavy atom. The van der Waals surface area contributed by atoms with Gasteiger partial charge in [0.05, 0.1) is 23.9 Å². The summed E-state index contributed by atoms with van der Waals surface area (Å²) >= 11 is 0. The standard InChI is InChI=1S/C25H25F3N2O2/c1-17(2)31-23-14-19(18-6-4-3-5-7-18)8-10-22(23)30-13-12-21(16-30)32-24-11-9-20(15-29-24)25(26,27)28/h3-11,14-15,17,21H,12-13,16H2,1-2H3. The average Bonchev–Trinajstić information content (AvgIpc) is 3.22. The van der Waals surface area contributed by atoms with E-state index in [4.69, 9.17) is 9.47 Å². The minimum atomic E-state index is -4.41. The number of rotatable bonds is 6. The number of nitrogens with zero attached hydrogens (tertiary/aromatic N) is 2. The molecule has 2 aromatic carbocycles.